The van der Waals surface area contributed by atoms with Gasteiger partial charge in [0.25, 0.3) is 0 Å². The number of hydrogen-bond acceptors (Lipinski definition) is 8. The number of aliphatic hydroxyl groups excluding tert-OH is 2. The predicted molar refractivity (Wildman–Crippen MR) is 367 cm³/mol. The van der Waals surface area contributed by atoms with Gasteiger partial charge in [-0.25, -0.2) is 9.59 Å². The number of rotatable bonds is 20. The van der Waals surface area contributed by atoms with E-state index < -0.39 is 0 Å². The molecule has 9 aliphatic rings. The highest BCUT2D eigenvalue weighted by atomic mass is 16.5. The maximum Gasteiger partial charge on any atom is 0.331 e. The first-order chi connectivity index (χ1) is 42.7. The van der Waals surface area contributed by atoms with Crippen molar-refractivity contribution < 1.29 is 38.7 Å². The third-order valence-electron chi connectivity index (χ3n) is 29.2. The Labute approximate surface area is 546 Å². The molecule has 2 aromatic rings. The topological polar surface area (TPSA) is 112 Å². The highest BCUT2D eigenvalue weighted by Crippen LogP contribution is 2.89. The Morgan fingerprint density at radius 3 is 1.87 bits per heavy atom. The normalized spacial score (nSPS) is 37.1. The molecule has 0 aromatic heterocycles. The Kier molecular flexibility index (Phi) is 20.6. The van der Waals surface area contributed by atoms with Crippen molar-refractivity contribution in [2.75, 3.05) is 14.2 Å². The zero-order valence-electron chi connectivity index (χ0n) is 59.2. The van der Waals surface area contributed by atoms with Crippen LogP contribution in [-0.2, 0) is 32.3 Å². The lowest BCUT2D eigenvalue weighted by atomic mass is 9.41. The van der Waals surface area contributed by atoms with Gasteiger partial charge >= 0.3 is 11.9 Å². The molecule has 8 nitrogen and oxygen atoms in total. The maximum atomic E-state index is 13.1. The van der Waals surface area contributed by atoms with E-state index in [1.54, 1.807) is 43.6 Å². The van der Waals surface area contributed by atoms with E-state index in [2.05, 4.69) is 103 Å². The molecule has 498 valence electrons. The number of fused-ring (bicyclic) bond motifs is 7. The Bertz CT molecular complexity index is 3010. The summed E-state index contributed by atoms with van der Waals surface area (Å²) in [5.74, 6) is 9.69. The van der Waals surface area contributed by atoms with Gasteiger partial charge in [-0.3, -0.25) is 0 Å². The molecule has 9 aliphatic carbocycles. The smallest absolute Gasteiger partial charge is 0.331 e. The molecule has 8 fully saturated rings. The van der Waals surface area contributed by atoms with Gasteiger partial charge in [0.05, 0.1) is 27.4 Å². The van der Waals surface area contributed by atoms with Crippen molar-refractivity contribution in [1.29, 1.82) is 0 Å². The van der Waals surface area contributed by atoms with Crippen molar-refractivity contribution in [2.24, 2.45) is 103 Å². The molecule has 18 unspecified atom stereocenters. The first kappa shape index (κ1) is 68.7. The minimum absolute atomic E-state index is 0.0302. The van der Waals surface area contributed by atoms with E-state index in [9.17, 15) is 19.8 Å². The quantitative estimate of drug-likeness (QED) is 0.0766. The highest BCUT2D eigenvalue weighted by Gasteiger charge is 2.82. The summed E-state index contributed by atoms with van der Waals surface area (Å²) in [6.07, 6.45) is 37.5. The summed E-state index contributed by atoms with van der Waals surface area (Å²) in [6.45, 7) is 34.5. The molecular formula is C82H122O8. The molecule has 0 bridgehead atoms. The van der Waals surface area contributed by atoms with Crippen LogP contribution >= 0.6 is 0 Å². The zero-order valence-corrected chi connectivity index (χ0v) is 59.2. The molecule has 0 aliphatic heterocycles. The molecule has 0 radical (unpaired) electrons. The van der Waals surface area contributed by atoms with Gasteiger partial charge in [0.1, 0.15) is 23.7 Å². The lowest BCUT2D eigenvalue weighted by Gasteiger charge is -2.63. The number of carbonyl (C=O) groups is 2. The summed E-state index contributed by atoms with van der Waals surface area (Å²) >= 11 is 0. The fraction of sp³-hybridized carbons (Fsp3) is 0.732. The van der Waals surface area contributed by atoms with Gasteiger partial charge in [0.2, 0.25) is 0 Å². The number of carbonyl (C=O) groups excluding carboxylic acids is 2. The minimum atomic E-state index is -0.285. The van der Waals surface area contributed by atoms with Crippen molar-refractivity contribution in [3.05, 3.63) is 93.6 Å². The number of methoxy groups -OCH3 is 2. The second kappa shape index (κ2) is 26.9. The first-order valence-electron chi connectivity index (χ1n) is 36.4. The third-order valence-corrected chi connectivity index (χ3v) is 29.2. The van der Waals surface area contributed by atoms with Gasteiger partial charge in [-0.1, -0.05) is 124 Å². The summed E-state index contributed by atoms with van der Waals surface area (Å²) in [5.41, 5.74) is 10.3. The summed E-state index contributed by atoms with van der Waals surface area (Å²) in [4.78, 5) is 26.0. The minimum Gasteiger partial charge on any atom is -0.496 e. The van der Waals surface area contributed by atoms with E-state index in [4.69, 9.17) is 18.9 Å². The van der Waals surface area contributed by atoms with Crippen molar-refractivity contribution in [2.45, 2.75) is 264 Å². The van der Waals surface area contributed by atoms with E-state index in [0.717, 1.165) is 96.0 Å². The van der Waals surface area contributed by atoms with Crippen LogP contribution in [0.1, 0.15) is 260 Å². The lowest BCUT2D eigenvalue weighted by Crippen LogP contribution is -2.58. The van der Waals surface area contributed by atoms with Crippen molar-refractivity contribution in [3.8, 4) is 11.5 Å². The SMILES string of the molecule is CCC(CCC(C)C1CCC2C3CC=C4CC(OC(=O)/C=C/c5ccc(OC)c(CO)c5)CCC4(C)C3CCC12C)C(C)C.COc1ccc(/C=C/C(=O)OC2CCC34CC35CCC3(C)C(C(C)CCC(C)=C(C)C)CCC3(C)C5CCC4C2(C)C)cc1CO. The van der Waals surface area contributed by atoms with Crippen LogP contribution in [0.2, 0.25) is 0 Å². The van der Waals surface area contributed by atoms with E-state index in [1.807, 2.05) is 36.4 Å². The Balaban J connectivity index is 0.000000198. The number of allylic oxidation sites excluding steroid dienone is 3. The average Bonchev–Trinajstić information content (AvgIpc) is 1.46. The maximum absolute atomic E-state index is 13.1. The van der Waals surface area contributed by atoms with E-state index in [-0.39, 0.29) is 48.2 Å². The molecule has 0 saturated heterocycles. The van der Waals surface area contributed by atoms with Crippen LogP contribution in [0.25, 0.3) is 12.2 Å². The zero-order chi connectivity index (χ0) is 64.9. The molecule has 8 saturated carbocycles. The molecule has 18 atom stereocenters. The van der Waals surface area contributed by atoms with Crippen LogP contribution in [0, 0.1) is 103 Å². The lowest BCUT2D eigenvalue weighted by molar-refractivity contribution is -0.179. The number of hydrogen-bond donors (Lipinski definition) is 2. The predicted octanol–water partition coefficient (Wildman–Crippen LogP) is 20.1. The van der Waals surface area contributed by atoms with Crippen LogP contribution in [-0.4, -0.2) is 48.6 Å². The van der Waals surface area contributed by atoms with Crippen LogP contribution in [0.3, 0.4) is 0 Å². The molecule has 2 aromatic carbocycles. The Morgan fingerprint density at radius 2 is 1.26 bits per heavy atom. The fourth-order valence-corrected chi connectivity index (χ4v) is 23.5. The largest absolute Gasteiger partial charge is 0.496 e. The van der Waals surface area contributed by atoms with Gasteiger partial charge in [0.15, 0.2) is 0 Å². The molecular weight excluding hydrogens is 1110 g/mol. The second-order valence-corrected chi connectivity index (χ2v) is 33.6. The number of benzene rings is 2. The molecule has 0 amide bonds. The van der Waals surface area contributed by atoms with Gasteiger partial charge in [-0.15, -0.1) is 0 Å². The summed E-state index contributed by atoms with van der Waals surface area (Å²) in [7, 11) is 3.19. The Morgan fingerprint density at radius 1 is 0.633 bits per heavy atom. The highest BCUT2D eigenvalue weighted by molar-refractivity contribution is 5.88. The van der Waals surface area contributed by atoms with Gasteiger partial charge in [-0.2, -0.15) is 0 Å². The fourth-order valence-electron chi connectivity index (χ4n) is 23.5. The van der Waals surface area contributed by atoms with Crippen molar-refractivity contribution in [1.82, 2.24) is 0 Å². The molecule has 2 N–H and O–H groups in total. The number of ether oxygens (including phenoxy) is 4. The molecule has 2 spiro atoms. The molecule has 8 heteroatoms. The van der Waals surface area contributed by atoms with Crippen LogP contribution < -0.4 is 9.47 Å². The van der Waals surface area contributed by atoms with E-state index >= 15 is 0 Å². The van der Waals surface area contributed by atoms with Crippen molar-refractivity contribution in [3.63, 3.8) is 0 Å². The van der Waals surface area contributed by atoms with Crippen LogP contribution in [0.4, 0.5) is 0 Å². The summed E-state index contributed by atoms with van der Waals surface area (Å²) < 4.78 is 22.9. The first-order valence-corrected chi connectivity index (χ1v) is 36.4. The Hall–Kier alpha value is -4.14. The van der Waals surface area contributed by atoms with Gasteiger partial charge in [0, 0.05) is 35.1 Å². The van der Waals surface area contributed by atoms with E-state index in [1.165, 1.54) is 127 Å². The third kappa shape index (κ3) is 12.4. The average molecular weight is 1240 g/mol. The van der Waals surface area contributed by atoms with Gasteiger partial charge in [-0.05, 0) is 288 Å². The monoisotopic (exact) mass is 1230 g/mol. The summed E-state index contributed by atoms with van der Waals surface area (Å²) in [5, 5.41) is 19.3. The molecule has 90 heavy (non-hydrogen) atoms. The number of esters is 2. The summed E-state index contributed by atoms with van der Waals surface area (Å²) in [6, 6.07) is 11.1. The molecule has 11 rings (SSSR count). The van der Waals surface area contributed by atoms with Crippen molar-refractivity contribution >= 4 is 24.1 Å². The number of aliphatic hydroxyl groups is 2. The van der Waals surface area contributed by atoms with E-state index in [0.29, 0.717) is 55.6 Å². The van der Waals surface area contributed by atoms with Crippen LogP contribution in [0.5, 0.6) is 11.5 Å². The van der Waals surface area contributed by atoms with Crippen LogP contribution in [0.15, 0.2) is 71.3 Å². The standard InChI is InChI=1S/C42H62O4.C40H60O4/c1-27(2)28(3)10-11-29(4)32-18-20-40(8)35-16-15-34-38(5,6)36(19-21-41(34)26-42(35,41)23-22-39(32,40)7)46-37(44)17-13-30-12-14-33(45-9)31(24-30)25-43;1-8-29(26(2)3)12-9-27(4)34-15-16-35-33-14-13-31-24-32(19-21-39(31,5)36(33)20-22-40(34,35)6)44-38(42)18-11-28-10-17-37(43-7)30(23-28)25-41/h12-14,17,24,29,32,34-36,43H,10-11,15-16,18-23,25-26H2,1-9H3;10-11,13,17-18,23,26-27,29,32-36,41H,8-9,12,14-16,19-22,24-25H2,1-7H3/b17-13+;18-11+. The molecule has 0 heterocycles. The van der Waals surface area contributed by atoms with Gasteiger partial charge < -0.3 is 29.2 Å². The second-order valence-electron chi connectivity index (χ2n) is 33.6.